The molecule has 116 valence electrons. The molecule has 0 aromatic heterocycles. The zero-order valence-corrected chi connectivity index (χ0v) is 12.8. The lowest BCUT2D eigenvalue weighted by Crippen LogP contribution is -2.23. The summed E-state index contributed by atoms with van der Waals surface area (Å²) in [4.78, 5) is 12.1. The first-order valence-corrected chi connectivity index (χ1v) is 6.84. The smallest absolute Gasteiger partial charge is 0.255 e. The Kier molecular flexibility index (Phi) is 4.88. The fourth-order valence-corrected chi connectivity index (χ4v) is 2.11. The maximum Gasteiger partial charge on any atom is 0.255 e. The Balaban J connectivity index is 2.09. The molecule has 5 nitrogen and oxygen atoms in total. The molecule has 2 rings (SSSR count). The van der Waals surface area contributed by atoms with Crippen LogP contribution in [0.15, 0.2) is 36.4 Å². The lowest BCUT2D eigenvalue weighted by atomic mass is 10.1. The van der Waals surface area contributed by atoms with Crippen molar-refractivity contribution in [2.24, 2.45) is 0 Å². The van der Waals surface area contributed by atoms with Crippen molar-refractivity contribution < 1.29 is 19.4 Å². The van der Waals surface area contributed by atoms with E-state index in [2.05, 4.69) is 5.32 Å². The molecule has 5 heteroatoms. The van der Waals surface area contributed by atoms with Crippen LogP contribution in [0.4, 0.5) is 0 Å². The van der Waals surface area contributed by atoms with Crippen LogP contribution in [-0.4, -0.2) is 25.2 Å². The number of carbonyl (C=O) groups excluding carboxylic acids is 1. The van der Waals surface area contributed by atoms with Crippen LogP contribution < -0.4 is 14.8 Å². The quantitative estimate of drug-likeness (QED) is 0.891. The number of rotatable bonds is 5. The summed E-state index contributed by atoms with van der Waals surface area (Å²) >= 11 is 0. The summed E-state index contributed by atoms with van der Waals surface area (Å²) in [5.74, 6) is 0.921. The van der Waals surface area contributed by atoms with E-state index in [4.69, 9.17) is 9.47 Å². The number of nitrogens with one attached hydrogen (secondary N) is 1. The molecule has 0 unspecified atom stereocenters. The van der Waals surface area contributed by atoms with Crippen molar-refractivity contribution in [3.8, 4) is 17.2 Å². The summed E-state index contributed by atoms with van der Waals surface area (Å²) in [6.07, 6.45) is 0. The number of methoxy groups -OCH3 is 2. The number of aromatic hydroxyl groups is 1. The number of amides is 1. The number of hydrogen-bond acceptors (Lipinski definition) is 4. The first-order chi connectivity index (χ1) is 10.6. The number of phenolic OH excluding ortho intramolecular Hbond substituents is 1. The number of aryl methyl sites for hydroxylation is 1. The van der Waals surface area contributed by atoms with Crippen molar-refractivity contribution in [3.05, 3.63) is 53.1 Å². The molecule has 0 aliphatic heterocycles. The van der Waals surface area contributed by atoms with Gasteiger partial charge in [0.05, 0.1) is 19.8 Å². The monoisotopic (exact) mass is 301 g/mol. The Morgan fingerprint density at radius 3 is 2.55 bits per heavy atom. The van der Waals surface area contributed by atoms with Gasteiger partial charge < -0.3 is 19.9 Å². The lowest BCUT2D eigenvalue weighted by molar-refractivity contribution is 0.0948. The molecule has 1 amide bonds. The predicted octanol–water partition coefficient (Wildman–Crippen LogP) is 2.65. The molecule has 0 radical (unpaired) electrons. The molecule has 0 bridgehead atoms. The third-order valence-corrected chi connectivity index (χ3v) is 3.38. The highest BCUT2D eigenvalue weighted by molar-refractivity contribution is 5.97. The molecule has 0 fully saturated rings. The second-order valence-electron chi connectivity index (χ2n) is 4.84. The van der Waals surface area contributed by atoms with Gasteiger partial charge in [0.1, 0.15) is 5.75 Å². The highest BCUT2D eigenvalue weighted by Crippen LogP contribution is 2.27. The average molecular weight is 301 g/mol. The van der Waals surface area contributed by atoms with Crippen LogP contribution in [0.2, 0.25) is 0 Å². The Morgan fingerprint density at radius 2 is 1.86 bits per heavy atom. The fourth-order valence-electron chi connectivity index (χ4n) is 2.11. The molecule has 22 heavy (non-hydrogen) atoms. The van der Waals surface area contributed by atoms with E-state index in [1.54, 1.807) is 51.5 Å². The van der Waals surface area contributed by atoms with E-state index in [0.29, 0.717) is 23.6 Å². The Morgan fingerprint density at radius 1 is 1.14 bits per heavy atom. The standard InChI is InChI=1S/C17H19NO4/c1-11-5-4-6-13(16(11)19)17(20)18-10-12-7-8-14(21-2)15(9-12)22-3/h4-9,19H,10H2,1-3H3,(H,18,20). The van der Waals surface area contributed by atoms with Gasteiger partial charge in [-0.05, 0) is 36.2 Å². The van der Waals surface area contributed by atoms with Crippen LogP contribution in [0, 0.1) is 6.92 Å². The molecular weight excluding hydrogens is 282 g/mol. The normalized spacial score (nSPS) is 10.1. The van der Waals surface area contributed by atoms with Crippen molar-refractivity contribution in [1.82, 2.24) is 5.32 Å². The molecule has 0 saturated heterocycles. The average Bonchev–Trinajstić information content (AvgIpc) is 2.54. The zero-order chi connectivity index (χ0) is 16.1. The topological polar surface area (TPSA) is 67.8 Å². The molecular formula is C17H19NO4. The third-order valence-electron chi connectivity index (χ3n) is 3.38. The fraction of sp³-hybridized carbons (Fsp3) is 0.235. The maximum atomic E-state index is 12.1. The van der Waals surface area contributed by atoms with Crippen LogP contribution in [0.5, 0.6) is 17.2 Å². The van der Waals surface area contributed by atoms with Gasteiger partial charge in [-0.3, -0.25) is 4.79 Å². The van der Waals surface area contributed by atoms with Gasteiger partial charge in [0.25, 0.3) is 5.91 Å². The van der Waals surface area contributed by atoms with Crippen LogP contribution >= 0.6 is 0 Å². The Hall–Kier alpha value is -2.69. The van der Waals surface area contributed by atoms with Crippen molar-refractivity contribution in [1.29, 1.82) is 0 Å². The largest absolute Gasteiger partial charge is 0.507 e. The highest BCUT2D eigenvalue weighted by atomic mass is 16.5. The van der Waals surface area contributed by atoms with E-state index in [0.717, 1.165) is 5.56 Å². The number of phenols is 1. The van der Waals surface area contributed by atoms with Gasteiger partial charge in [0.15, 0.2) is 11.5 Å². The van der Waals surface area contributed by atoms with Crippen molar-refractivity contribution >= 4 is 5.91 Å². The van der Waals surface area contributed by atoms with E-state index >= 15 is 0 Å². The van der Waals surface area contributed by atoms with E-state index in [1.165, 1.54) is 0 Å². The van der Waals surface area contributed by atoms with Gasteiger partial charge >= 0.3 is 0 Å². The van der Waals surface area contributed by atoms with E-state index in [1.807, 2.05) is 6.07 Å². The number of benzene rings is 2. The molecule has 2 aromatic rings. The summed E-state index contributed by atoms with van der Waals surface area (Å²) in [6.45, 7) is 2.08. The first-order valence-electron chi connectivity index (χ1n) is 6.84. The van der Waals surface area contributed by atoms with Gasteiger partial charge in [-0.25, -0.2) is 0 Å². The number of para-hydroxylation sites is 1. The molecule has 0 saturated carbocycles. The second kappa shape index (κ2) is 6.85. The van der Waals surface area contributed by atoms with Gasteiger partial charge in [0, 0.05) is 6.54 Å². The minimum atomic E-state index is -0.323. The lowest BCUT2D eigenvalue weighted by Gasteiger charge is -2.11. The zero-order valence-electron chi connectivity index (χ0n) is 12.8. The van der Waals surface area contributed by atoms with Crippen LogP contribution in [0.3, 0.4) is 0 Å². The highest BCUT2D eigenvalue weighted by Gasteiger charge is 2.12. The SMILES string of the molecule is COc1ccc(CNC(=O)c2cccc(C)c2O)cc1OC. The van der Waals surface area contributed by atoms with Gasteiger partial charge in [-0.2, -0.15) is 0 Å². The van der Waals surface area contributed by atoms with Crippen LogP contribution in [-0.2, 0) is 6.54 Å². The Labute approximate surface area is 129 Å². The molecule has 0 atom stereocenters. The van der Waals surface area contributed by atoms with Gasteiger partial charge in [-0.1, -0.05) is 18.2 Å². The predicted molar refractivity (Wildman–Crippen MR) is 83.6 cm³/mol. The van der Waals surface area contributed by atoms with Crippen LogP contribution in [0.25, 0.3) is 0 Å². The van der Waals surface area contributed by atoms with E-state index in [-0.39, 0.29) is 17.2 Å². The number of ether oxygens (including phenoxy) is 2. The molecule has 0 spiro atoms. The number of hydrogen-bond donors (Lipinski definition) is 2. The van der Waals surface area contributed by atoms with E-state index in [9.17, 15) is 9.90 Å². The third kappa shape index (κ3) is 3.31. The summed E-state index contributed by atoms with van der Waals surface area (Å²) < 4.78 is 10.4. The first kappa shape index (κ1) is 15.7. The van der Waals surface area contributed by atoms with Gasteiger partial charge in [-0.15, -0.1) is 0 Å². The van der Waals surface area contributed by atoms with E-state index < -0.39 is 0 Å². The molecule has 0 heterocycles. The summed E-state index contributed by atoms with van der Waals surface area (Å²) in [7, 11) is 3.13. The molecule has 2 aromatic carbocycles. The summed E-state index contributed by atoms with van der Waals surface area (Å²) in [5.41, 5.74) is 1.80. The molecule has 2 N–H and O–H groups in total. The van der Waals surface area contributed by atoms with Crippen LogP contribution in [0.1, 0.15) is 21.5 Å². The minimum Gasteiger partial charge on any atom is -0.507 e. The summed E-state index contributed by atoms with van der Waals surface area (Å²) in [6, 6.07) is 10.5. The van der Waals surface area contributed by atoms with Crippen molar-refractivity contribution in [2.45, 2.75) is 13.5 Å². The molecule has 0 aliphatic carbocycles. The summed E-state index contributed by atoms with van der Waals surface area (Å²) in [5, 5.41) is 12.7. The van der Waals surface area contributed by atoms with Gasteiger partial charge in [0.2, 0.25) is 0 Å². The minimum absolute atomic E-state index is 0.00677. The van der Waals surface area contributed by atoms with Crippen molar-refractivity contribution in [3.63, 3.8) is 0 Å². The molecule has 0 aliphatic rings. The van der Waals surface area contributed by atoms with Crippen molar-refractivity contribution in [2.75, 3.05) is 14.2 Å². The Bertz CT molecular complexity index is 682. The number of carbonyl (C=O) groups is 1. The maximum absolute atomic E-state index is 12.1. The second-order valence-corrected chi connectivity index (χ2v) is 4.84.